The van der Waals surface area contributed by atoms with E-state index in [0.29, 0.717) is 22.3 Å². The molecule has 6 nitrogen and oxygen atoms in total. The molecule has 0 spiro atoms. The summed E-state index contributed by atoms with van der Waals surface area (Å²) in [5, 5.41) is 7.56. The van der Waals surface area contributed by atoms with Crippen LogP contribution < -0.4 is 11.1 Å². The van der Waals surface area contributed by atoms with E-state index in [0.717, 1.165) is 19.3 Å². The molecule has 1 unspecified atom stereocenters. The van der Waals surface area contributed by atoms with Gasteiger partial charge in [0.25, 0.3) is 5.91 Å². The van der Waals surface area contributed by atoms with E-state index >= 15 is 0 Å². The SMILES string of the molecule is CC(C)C(NC(=O)c1ccc(Cl)cc1)c1nc(C2(N)CCC2)no1.Cl. The van der Waals surface area contributed by atoms with Gasteiger partial charge in [0.15, 0.2) is 5.82 Å². The number of aromatic nitrogens is 2. The molecule has 1 aliphatic rings. The summed E-state index contributed by atoms with van der Waals surface area (Å²) >= 11 is 5.86. The van der Waals surface area contributed by atoms with Gasteiger partial charge in [-0.3, -0.25) is 4.79 Å². The lowest BCUT2D eigenvalue weighted by Gasteiger charge is -2.34. The number of nitrogens with two attached hydrogens (primary N) is 1. The van der Waals surface area contributed by atoms with Crippen molar-refractivity contribution in [3.05, 3.63) is 46.6 Å². The predicted octanol–water partition coefficient (Wildman–Crippen LogP) is 3.61. The summed E-state index contributed by atoms with van der Waals surface area (Å²) in [5.74, 6) is 0.787. The van der Waals surface area contributed by atoms with Crippen LogP contribution in [-0.4, -0.2) is 16.0 Å². The van der Waals surface area contributed by atoms with Crippen LogP contribution in [0, 0.1) is 5.92 Å². The lowest BCUT2D eigenvalue weighted by molar-refractivity contribution is 0.0914. The van der Waals surface area contributed by atoms with Crippen LogP contribution in [0.5, 0.6) is 0 Å². The molecule has 1 atom stereocenters. The van der Waals surface area contributed by atoms with Gasteiger partial charge in [-0.1, -0.05) is 30.6 Å². The molecule has 1 aliphatic carbocycles. The Morgan fingerprint density at radius 1 is 1.32 bits per heavy atom. The van der Waals surface area contributed by atoms with Gasteiger partial charge < -0.3 is 15.6 Å². The molecule has 0 saturated heterocycles. The van der Waals surface area contributed by atoms with Crippen molar-refractivity contribution in [1.82, 2.24) is 15.5 Å². The molecule has 136 valence electrons. The number of amides is 1. The van der Waals surface area contributed by atoms with Crippen LogP contribution in [0.15, 0.2) is 28.8 Å². The second-order valence-electron chi connectivity index (χ2n) is 6.67. The molecular formula is C17H22Cl2N4O2. The van der Waals surface area contributed by atoms with Crippen molar-refractivity contribution < 1.29 is 9.32 Å². The summed E-state index contributed by atoms with van der Waals surface area (Å²) in [6.07, 6.45) is 2.78. The Labute approximate surface area is 157 Å². The monoisotopic (exact) mass is 384 g/mol. The number of nitrogens with one attached hydrogen (secondary N) is 1. The fourth-order valence-corrected chi connectivity index (χ4v) is 2.81. The Kier molecular flexibility index (Phi) is 6.08. The van der Waals surface area contributed by atoms with Crippen molar-refractivity contribution in [3.8, 4) is 0 Å². The highest BCUT2D eigenvalue weighted by molar-refractivity contribution is 6.30. The van der Waals surface area contributed by atoms with Gasteiger partial charge in [-0.2, -0.15) is 4.98 Å². The largest absolute Gasteiger partial charge is 0.340 e. The first-order chi connectivity index (χ1) is 11.4. The van der Waals surface area contributed by atoms with Crippen LogP contribution in [0.2, 0.25) is 5.02 Å². The number of carbonyl (C=O) groups is 1. The van der Waals surface area contributed by atoms with E-state index in [-0.39, 0.29) is 30.3 Å². The molecule has 1 aromatic carbocycles. The van der Waals surface area contributed by atoms with Gasteiger partial charge in [0.2, 0.25) is 5.89 Å². The maximum absolute atomic E-state index is 12.4. The number of halogens is 2. The summed E-state index contributed by atoms with van der Waals surface area (Å²) < 4.78 is 5.39. The van der Waals surface area contributed by atoms with E-state index in [9.17, 15) is 4.79 Å². The van der Waals surface area contributed by atoms with Crippen molar-refractivity contribution >= 4 is 29.9 Å². The first kappa shape index (κ1) is 19.7. The van der Waals surface area contributed by atoms with E-state index in [1.165, 1.54) is 0 Å². The summed E-state index contributed by atoms with van der Waals surface area (Å²) in [5.41, 5.74) is 6.28. The van der Waals surface area contributed by atoms with Gasteiger partial charge in [0.05, 0.1) is 5.54 Å². The molecule has 3 N–H and O–H groups in total. The van der Waals surface area contributed by atoms with Gasteiger partial charge in [-0.25, -0.2) is 0 Å². The third-order valence-corrected chi connectivity index (χ3v) is 4.71. The molecule has 0 aliphatic heterocycles. The van der Waals surface area contributed by atoms with Gasteiger partial charge in [0.1, 0.15) is 6.04 Å². The van der Waals surface area contributed by atoms with Gasteiger partial charge in [-0.15, -0.1) is 12.4 Å². The highest BCUT2D eigenvalue weighted by Gasteiger charge is 2.39. The molecule has 2 aromatic rings. The molecule has 0 radical (unpaired) electrons. The fraction of sp³-hybridized carbons (Fsp3) is 0.471. The molecule has 3 rings (SSSR count). The molecule has 25 heavy (non-hydrogen) atoms. The standard InChI is InChI=1S/C17H21ClN4O2.ClH/c1-10(2)13(20-14(23)11-4-6-12(18)7-5-11)15-21-16(22-24-15)17(19)8-3-9-17;/h4-7,10,13H,3,8-9,19H2,1-2H3,(H,20,23);1H. The van der Waals surface area contributed by atoms with Crippen LogP contribution in [0.3, 0.4) is 0 Å². The number of hydrogen-bond acceptors (Lipinski definition) is 5. The molecule has 0 bridgehead atoms. The predicted molar refractivity (Wildman–Crippen MR) is 97.8 cm³/mol. The molecule has 1 saturated carbocycles. The zero-order valence-electron chi connectivity index (χ0n) is 14.2. The van der Waals surface area contributed by atoms with Crippen molar-refractivity contribution in [1.29, 1.82) is 0 Å². The van der Waals surface area contributed by atoms with Gasteiger partial charge in [0, 0.05) is 10.6 Å². The zero-order chi connectivity index (χ0) is 17.3. The van der Waals surface area contributed by atoms with Gasteiger partial charge in [-0.05, 0) is 49.4 Å². The molecule has 1 fully saturated rings. The Bertz CT molecular complexity index is 727. The minimum Gasteiger partial charge on any atom is -0.340 e. The van der Waals surface area contributed by atoms with Crippen LogP contribution >= 0.6 is 24.0 Å². The van der Waals surface area contributed by atoms with E-state index in [1.807, 2.05) is 13.8 Å². The molecule has 8 heteroatoms. The lowest BCUT2D eigenvalue weighted by atomic mass is 9.77. The maximum atomic E-state index is 12.4. The third kappa shape index (κ3) is 4.14. The van der Waals surface area contributed by atoms with E-state index in [1.54, 1.807) is 24.3 Å². The Morgan fingerprint density at radius 3 is 2.48 bits per heavy atom. The number of nitrogens with zero attached hydrogens (tertiary/aromatic N) is 2. The first-order valence-electron chi connectivity index (χ1n) is 8.08. The highest BCUT2D eigenvalue weighted by atomic mass is 35.5. The Hall–Kier alpha value is -1.63. The lowest BCUT2D eigenvalue weighted by Crippen LogP contribution is -2.44. The summed E-state index contributed by atoms with van der Waals surface area (Å²) in [7, 11) is 0. The summed E-state index contributed by atoms with van der Waals surface area (Å²) in [6, 6.07) is 6.34. The Morgan fingerprint density at radius 2 is 1.96 bits per heavy atom. The Balaban J connectivity index is 0.00000225. The second-order valence-corrected chi connectivity index (χ2v) is 7.10. The number of carbonyl (C=O) groups excluding carboxylic acids is 1. The maximum Gasteiger partial charge on any atom is 0.251 e. The minimum atomic E-state index is -0.483. The third-order valence-electron chi connectivity index (χ3n) is 4.46. The first-order valence-corrected chi connectivity index (χ1v) is 8.46. The quantitative estimate of drug-likeness (QED) is 0.820. The van der Waals surface area contributed by atoms with Crippen molar-refractivity contribution in [2.45, 2.75) is 44.7 Å². The molecule has 1 heterocycles. The minimum absolute atomic E-state index is 0. The summed E-state index contributed by atoms with van der Waals surface area (Å²) in [6.45, 7) is 3.97. The normalized spacial score (nSPS) is 16.7. The zero-order valence-corrected chi connectivity index (χ0v) is 15.7. The van der Waals surface area contributed by atoms with Crippen molar-refractivity contribution in [2.75, 3.05) is 0 Å². The molecular weight excluding hydrogens is 363 g/mol. The smallest absolute Gasteiger partial charge is 0.251 e. The average molecular weight is 385 g/mol. The van der Waals surface area contributed by atoms with E-state index in [4.69, 9.17) is 21.9 Å². The number of hydrogen-bond donors (Lipinski definition) is 2. The highest BCUT2D eigenvalue weighted by Crippen LogP contribution is 2.37. The van der Waals surface area contributed by atoms with Crippen LogP contribution in [-0.2, 0) is 5.54 Å². The van der Waals surface area contributed by atoms with Gasteiger partial charge >= 0.3 is 0 Å². The number of rotatable bonds is 5. The molecule has 1 aromatic heterocycles. The van der Waals surface area contributed by atoms with Crippen LogP contribution in [0.4, 0.5) is 0 Å². The number of benzene rings is 1. The fourth-order valence-electron chi connectivity index (χ4n) is 2.68. The van der Waals surface area contributed by atoms with Crippen LogP contribution in [0.25, 0.3) is 0 Å². The average Bonchev–Trinajstić information content (AvgIpc) is 3.00. The van der Waals surface area contributed by atoms with Crippen molar-refractivity contribution in [2.24, 2.45) is 11.7 Å². The van der Waals surface area contributed by atoms with E-state index in [2.05, 4.69) is 15.5 Å². The van der Waals surface area contributed by atoms with E-state index < -0.39 is 5.54 Å². The van der Waals surface area contributed by atoms with Crippen molar-refractivity contribution in [3.63, 3.8) is 0 Å². The molecule has 1 amide bonds. The summed E-state index contributed by atoms with van der Waals surface area (Å²) in [4.78, 5) is 16.9. The topological polar surface area (TPSA) is 94.0 Å². The van der Waals surface area contributed by atoms with Crippen LogP contribution in [0.1, 0.15) is 61.2 Å². The second kappa shape index (κ2) is 7.72.